The Morgan fingerprint density at radius 3 is 2.78 bits per heavy atom. The van der Waals surface area contributed by atoms with E-state index in [0.717, 1.165) is 22.8 Å². The fourth-order valence-corrected chi connectivity index (χ4v) is 1.75. The van der Waals surface area contributed by atoms with Gasteiger partial charge in [-0.1, -0.05) is 0 Å². The standard InChI is InChI=1S/C13H15N3O2/c1-9-13(10-5-7-14-8-6-10)16-11(15-9)3-4-12(17)18-2/h5-8H,3-4H2,1-2H3,(H,15,16). The first-order valence-electron chi connectivity index (χ1n) is 5.73. The van der Waals surface area contributed by atoms with Gasteiger partial charge in [0.2, 0.25) is 0 Å². The van der Waals surface area contributed by atoms with Crippen LogP contribution in [0.2, 0.25) is 0 Å². The van der Waals surface area contributed by atoms with E-state index < -0.39 is 0 Å². The van der Waals surface area contributed by atoms with Crippen LogP contribution in [0.4, 0.5) is 0 Å². The van der Waals surface area contributed by atoms with Gasteiger partial charge in [-0.15, -0.1) is 0 Å². The van der Waals surface area contributed by atoms with E-state index in [1.807, 2.05) is 19.1 Å². The van der Waals surface area contributed by atoms with Crippen LogP contribution < -0.4 is 0 Å². The van der Waals surface area contributed by atoms with E-state index >= 15 is 0 Å². The number of aryl methyl sites for hydroxylation is 2. The Morgan fingerprint density at radius 1 is 1.39 bits per heavy atom. The van der Waals surface area contributed by atoms with Crippen molar-refractivity contribution < 1.29 is 9.53 Å². The Balaban J connectivity index is 2.15. The van der Waals surface area contributed by atoms with E-state index in [0.29, 0.717) is 12.8 Å². The number of imidazole rings is 1. The summed E-state index contributed by atoms with van der Waals surface area (Å²) in [6.45, 7) is 1.96. The molecular weight excluding hydrogens is 230 g/mol. The topological polar surface area (TPSA) is 67.9 Å². The third-order valence-corrected chi connectivity index (χ3v) is 2.68. The molecule has 18 heavy (non-hydrogen) atoms. The molecule has 0 radical (unpaired) electrons. The number of H-pyrrole nitrogens is 1. The zero-order valence-electron chi connectivity index (χ0n) is 10.4. The Labute approximate surface area is 105 Å². The third-order valence-electron chi connectivity index (χ3n) is 2.68. The first-order valence-corrected chi connectivity index (χ1v) is 5.73. The number of aromatic amines is 1. The monoisotopic (exact) mass is 245 g/mol. The molecular formula is C13H15N3O2. The highest BCUT2D eigenvalue weighted by Gasteiger charge is 2.10. The van der Waals surface area contributed by atoms with Crippen molar-refractivity contribution in [3.63, 3.8) is 0 Å². The molecule has 2 rings (SSSR count). The summed E-state index contributed by atoms with van der Waals surface area (Å²) in [5.74, 6) is 0.569. The number of methoxy groups -OCH3 is 1. The lowest BCUT2D eigenvalue weighted by Gasteiger charge is -1.96. The van der Waals surface area contributed by atoms with Gasteiger partial charge in [-0.3, -0.25) is 9.78 Å². The number of carbonyl (C=O) groups excluding carboxylic acids is 1. The largest absolute Gasteiger partial charge is 0.469 e. The highest BCUT2D eigenvalue weighted by atomic mass is 16.5. The van der Waals surface area contributed by atoms with Crippen LogP contribution in [0.3, 0.4) is 0 Å². The Morgan fingerprint density at radius 2 is 2.11 bits per heavy atom. The van der Waals surface area contributed by atoms with E-state index in [1.54, 1.807) is 12.4 Å². The molecule has 0 saturated heterocycles. The fraction of sp³-hybridized carbons (Fsp3) is 0.308. The maximum Gasteiger partial charge on any atom is 0.305 e. The van der Waals surface area contributed by atoms with E-state index in [2.05, 4.69) is 19.7 Å². The summed E-state index contributed by atoms with van der Waals surface area (Å²) in [4.78, 5) is 22.7. The van der Waals surface area contributed by atoms with Gasteiger partial charge < -0.3 is 9.72 Å². The van der Waals surface area contributed by atoms with Crippen LogP contribution in [0.15, 0.2) is 24.5 Å². The van der Waals surface area contributed by atoms with Crippen molar-refractivity contribution in [3.05, 3.63) is 36.0 Å². The Kier molecular flexibility index (Phi) is 3.72. The van der Waals surface area contributed by atoms with Crippen LogP contribution in [0.5, 0.6) is 0 Å². The molecule has 0 amide bonds. The van der Waals surface area contributed by atoms with Gasteiger partial charge in [-0.25, -0.2) is 4.98 Å². The molecule has 0 bridgehead atoms. The molecule has 0 spiro atoms. The van der Waals surface area contributed by atoms with Crippen molar-refractivity contribution in [2.24, 2.45) is 0 Å². The lowest BCUT2D eigenvalue weighted by Crippen LogP contribution is -2.02. The number of pyridine rings is 1. The second-order valence-electron chi connectivity index (χ2n) is 3.97. The van der Waals surface area contributed by atoms with Crippen molar-refractivity contribution >= 4 is 5.97 Å². The van der Waals surface area contributed by atoms with Gasteiger partial charge in [-0.2, -0.15) is 0 Å². The molecule has 0 aliphatic carbocycles. The molecule has 0 atom stereocenters. The Hall–Kier alpha value is -2.17. The van der Waals surface area contributed by atoms with Gasteiger partial charge in [0.05, 0.1) is 19.2 Å². The van der Waals surface area contributed by atoms with Crippen LogP contribution in [0, 0.1) is 6.92 Å². The van der Waals surface area contributed by atoms with Crippen LogP contribution >= 0.6 is 0 Å². The van der Waals surface area contributed by atoms with Crippen molar-refractivity contribution in [1.82, 2.24) is 15.0 Å². The van der Waals surface area contributed by atoms with Gasteiger partial charge in [0, 0.05) is 30.1 Å². The second kappa shape index (κ2) is 5.44. The zero-order valence-corrected chi connectivity index (χ0v) is 10.4. The highest BCUT2D eigenvalue weighted by Crippen LogP contribution is 2.20. The SMILES string of the molecule is COC(=O)CCc1nc(-c2ccncc2)c(C)[nH]1. The maximum absolute atomic E-state index is 11.1. The normalized spacial score (nSPS) is 10.3. The smallest absolute Gasteiger partial charge is 0.305 e. The molecule has 0 fully saturated rings. The summed E-state index contributed by atoms with van der Waals surface area (Å²) in [5.41, 5.74) is 2.90. The van der Waals surface area contributed by atoms with Crippen molar-refractivity contribution in [2.45, 2.75) is 19.8 Å². The van der Waals surface area contributed by atoms with Gasteiger partial charge in [0.15, 0.2) is 0 Å². The predicted molar refractivity (Wildman–Crippen MR) is 66.9 cm³/mol. The number of rotatable bonds is 4. The number of ether oxygens (including phenoxy) is 1. The van der Waals surface area contributed by atoms with Crippen LogP contribution in [0.25, 0.3) is 11.3 Å². The van der Waals surface area contributed by atoms with Gasteiger partial charge in [0.25, 0.3) is 0 Å². The summed E-state index contributed by atoms with van der Waals surface area (Å²) in [6.07, 6.45) is 4.35. The lowest BCUT2D eigenvalue weighted by molar-refractivity contribution is -0.140. The van der Waals surface area contributed by atoms with Gasteiger partial charge in [0.1, 0.15) is 5.82 Å². The number of nitrogens with zero attached hydrogens (tertiary/aromatic N) is 2. The van der Waals surface area contributed by atoms with Crippen molar-refractivity contribution in [2.75, 3.05) is 7.11 Å². The van der Waals surface area contributed by atoms with Crippen molar-refractivity contribution in [3.8, 4) is 11.3 Å². The van der Waals surface area contributed by atoms with Crippen LogP contribution in [0.1, 0.15) is 17.9 Å². The summed E-state index contributed by atoms with van der Waals surface area (Å²) in [5, 5.41) is 0. The third kappa shape index (κ3) is 2.74. The van der Waals surface area contributed by atoms with E-state index in [4.69, 9.17) is 0 Å². The molecule has 94 valence electrons. The molecule has 0 aliphatic rings. The number of aromatic nitrogens is 3. The molecule has 0 saturated carbocycles. The highest BCUT2D eigenvalue weighted by molar-refractivity contribution is 5.69. The van der Waals surface area contributed by atoms with Gasteiger partial charge >= 0.3 is 5.97 Å². The second-order valence-corrected chi connectivity index (χ2v) is 3.97. The molecule has 0 aromatic carbocycles. The van der Waals surface area contributed by atoms with E-state index in [1.165, 1.54) is 7.11 Å². The van der Waals surface area contributed by atoms with Gasteiger partial charge in [-0.05, 0) is 19.1 Å². The lowest BCUT2D eigenvalue weighted by atomic mass is 10.2. The number of hydrogen-bond acceptors (Lipinski definition) is 4. The molecule has 2 aromatic rings. The number of hydrogen-bond donors (Lipinski definition) is 1. The fourth-order valence-electron chi connectivity index (χ4n) is 1.75. The average Bonchev–Trinajstić information content (AvgIpc) is 2.78. The predicted octanol–water partition coefficient (Wildman–Crippen LogP) is 1.89. The minimum Gasteiger partial charge on any atom is -0.469 e. The molecule has 5 heteroatoms. The average molecular weight is 245 g/mol. The first-order chi connectivity index (χ1) is 8.70. The van der Waals surface area contributed by atoms with E-state index in [-0.39, 0.29) is 5.97 Å². The minimum atomic E-state index is -0.227. The van der Waals surface area contributed by atoms with E-state index in [9.17, 15) is 4.79 Å². The zero-order chi connectivity index (χ0) is 13.0. The number of esters is 1. The van der Waals surface area contributed by atoms with Crippen LogP contribution in [-0.2, 0) is 16.0 Å². The molecule has 0 aliphatic heterocycles. The quantitative estimate of drug-likeness (QED) is 0.835. The summed E-state index contributed by atoms with van der Waals surface area (Å²) in [7, 11) is 1.39. The Bertz CT molecular complexity index is 534. The summed E-state index contributed by atoms with van der Waals surface area (Å²) < 4.78 is 4.60. The minimum absolute atomic E-state index is 0.227. The van der Waals surface area contributed by atoms with Crippen LogP contribution in [-0.4, -0.2) is 28.0 Å². The number of nitrogens with one attached hydrogen (secondary N) is 1. The molecule has 2 heterocycles. The number of carbonyl (C=O) groups is 1. The molecule has 0 unspecified atom stereocenters. The molecule has 2 aromatic heterocycles. The molecule has 5 nitrogen and oxygen atoms in total. The summed E-state index contributed by atoms with van der Waals surface area (Å²) >= 11 is 0. The summed E-state index contributed by atoms with van der Waals surface area (Å²) in [6, 6.07) is 3.82. The van der Waals surface area contributed by atoms with Crippen molar-refractivity contribution in [1.29, 1.82) is 0 Å². The first kappa shape index (κ1) is 12.3. The maximum atomic E-state index is 11.1. The molecule has 1 N–H and O–H groups in total.